The Bertz CT molecular complexity index is 1280. The van der Waals surface area contributed by atoms with Crippen LogP contribution >= 0.6 is 0 Å². The van der Waals surface area contributed by atoms with Crippen LogP contribution in [0.3, 0.4) is 0 Å². The molecule has 0 saturated carbocycles. The van der Waals surface area contributed by atoms with Crippen molar-refractivity contribution < 1.29 is 14.0 Å². The maximum atomic E-state index is 13.4. The lowest BCUT2D eigenvalue weighted by Gasteiger charge is -2.11. The van der Waals surface area contributed by atoms with Gasteiger partial charge in [-0.1, -0.05) is 48.5 Å². The first-order valence-electron chi connectivity index (χ1n) is 10.3. The van der Waals surface area contributed by atoms with Gasteiger partial charge in [0, 0.05) is 34.8 Å². The molecular weight excluding hydrogens is 405 g/mol. The minimum Gasteiger partial charge on any atom is -0.361 e. The van der Waals surface area contributed by atoms with E-state index in [0.717, 1.165) is 22.0 Å². The van der Waals surface area contributed by atoms with E-state index in [0.29, 0.717) is 18.5 Å². The normalized spacial score (nSPS) is 11.3. The monoisotopic (exact) mass is 427 g/mol. The van der Waals surface area contributed by atoms with Gasteiger partial charge in [-0.2, -0.15) is 0 Å². The summed E-state index contributed by atoms with van der Waals surface area (Å²) < 4.78 is 13.4. The van der Waals surface area contributed by atoms with E-state index in [4.69, 9.17) is 0 Å². The number of hydrogen-bond donors (Lipinski definition) is 3. The van der Waals surface area contributed by atoms with Crippen LogP contribution in [0.1, 0.15) is 21.5 Å². The van der Waals surface area contributed by atoms with Crippen molar-refractivity contribution in [2.24, 2.45) is 0 Å². The molecule has 3 N–H and O–H groups in total. The topological polar surface area (TPSA) is 74.0 Å². The van der Waals surface area contributed by atoms with Crippen LogP contribution in [0, 0.1) is 5.82 Å². The highest BCUT2D eigenvalue weighted by molar-refractivity contribution is 6.06. The molecule has 0 atom stereocenters. The zero-order chi connectivity index (χ0) is 22.3. The van der Waals surface area contributed by atoms with Gasteiger partial charge in [0.25, 0.3) is 11.8 Å². The summed E-state index contributed by atoms with van der Waals surface area (Å²) in [5.41, 5.74) is 3.07. The molecule has 0 spiro atoms. The van der Waals surface area contributed by atoms with E-state index in [2.05, 4.69) is 15.6 Å². The van der Waals surface area contributed by atoms with E-state index >= 15 is 0 Å². The fraction of sp³-hybridized carbons (Fsp3) is 0.0769. The van der Waals surface area contributed by atoms with Crippen molar-refractivity contribution in [3.8, 4) is 0 Å². The molecule has 0 radical (unpaired) electrons. The van der Waals surface area contributed by atoms with Crippen molar-refractivity contribution in [2.75, 3.05) is 6.54 Å². The molecule has 4 aromatic rings. The van der Waals surface area contributed by atoms with Gasteiger partial charge >= 0.3 is 0 Å². The first-order chi connectivity index (χ1) is 15.6. The Labute approximate surface area is 185 Å². The van der Waals surface area contributed by atoms with E-state index in [1.807, 2.05) is 30.3 Å². The predicted molar refractivity (Wildman–Crippen MR) is 123 cm³/mol. The van der Waals surface area contributed by atoms with Crippen LogP contribution in [0.5, 0.6) is 0 Å². The summed E-state index contributed by atoms with van der Waals surface area (Å²) in [7, 11) is 0. The number of carbonyl (C=O) groups excluding carboxylic acids is 2. The highest BCUT2D eigenvalue weighted by atomic mass is 19.1. The number of halogens is 1. The van der Waals surface area contributed by atoms with Crippen LogP contribution in [-0.2, 0) is 11.2 Å². The van der Waals surface area contributed by atoms with E-state index in [1.54, 1.807) is 48.7 Å². The molecule has 0 saturated heterocycles. The second-order valence-corrected chi connectivity index (χ2v) is 7.30. The van der Waals surface area contributed by atoms with Crippen LogP contribution < -0.4 is 10.6 Å². The van der Waals surface area contributed by atoms with Crippen molar-refractivity contribution in [3.63, 3.8) is 0 Å². The summed E-state index contributed by atoms with van der Waals surface area (Å²) in [6, 6.07) is 22.7. The maximum absolute atomic E-state index is 13.4. The van der Waals surface area contributed by atoms with Crippen molar-refractivity contribution in [2.45, 2.75) is 6.42 Å². The second kappa shape index (κ2) is 9.75. The Morgan fingerprint density at radius 1 is 0.938 bits per heavy atom. The number of H-pyrrole nitrogens is 1. The minimum absolute atomic E-state index is 0.128. The fourth-order valence-corrected chi connectivity index (χ4v) is 3.42. The zero-order valence-electron chi connectivity index (χ0n) is 17.3. The van der Waals surface area contributed by atoms with Gasteiger partial charge in [-0.25, -0.2) is 4.39 Å². The van der Waals surface area contributed by atoms with Gasteiger partial charge in [0.1, 0.15) is 11.5 Å². The van der Waals surface area contributed by atoms with Crippen molar-refractivity contribution in [3.05, 3.63) is 113 Å². The smallest absolute Gasteiger partial charge is 0.267 e. The van der Waals surface area contributed by atoms with Crippen LogP contribution in [0.15, 0.2) is 90.8 Å². The van der Waals surface area contributed by atoms with Gasteiger partial charge in [-0.15, -0.1) is 0 Å². The summed E-state index contributed by atoms with van der Waals surface area (Å²) >= 11 is 0. The number of benzene rings is 3. The third-order valence-electron chi connectivity index (χ3n) is 5.04. The molecule has 2 amide bonds. The molecule has 6 heteroatoms. The van der Waals surface area contributed by atoms with Crippen molar-refractivity contribution in [1.82, 2.24) is 15.6 Å². The molecule has 5 nitrogen and oxygen atoms in total. The van der Waals surface area contributed by atoms with Gasteiger partial charge in [0.15, 0.2) is 0 Å². The molecule has 4 rings (SSSR count). The Kier molecular flexibility index (Phi) is 6.41. The number of amides is 2. The average molecular weight is 427 g/mol. The summed E-state index contributed by atoms with van der Waals surface area (Å²) in [6.07, 6.45) is 3.91. The predicted octanol–water partition coefficient (Wildman–Crippen LogP) is 4.44. The van der Waals surface area contributed by atoms with Crippen LogP contribution in [0.2, 0.25) is 0 Å². The molecule has 1 aromatic heterocycles. The number of hydrogen-bond acceptors (Lipinski definition) is 2. The molecule has 160 valence electrons. The number of nitrogens with one attached hydrogen (secondary N) is 3. The van der Waals surface area contributed by atoms with Gasteiger partial charge in [0.05, 0.1) is 0 Å². The molecule has 0 unspecified atom stereocenters. The van der Waals surface area contributed by atoms with E-state index in [-0.39, 0.29) is 17.4 Å². The number of carbonyl (C=O) groups is 2. The summed E-state index contributed by atoms with van der Waals surface area (Å²) in [5, 5.41) is 6.48. The first-order valence-corrected chi connectivity index (χ1v) is 10.3. The van der Waals surface area contributed by atoms with Gasteiger partial charge in [-0.3, -0.25) is 9.59 Å². The van der Waals surface area contributed by atoms with Crippen LogP contribution in [0.4, 0.5) is 4.39 Å². The van der Waals surface area contributed by atoms with Gasteiger partial charge in [-0.05, 0) is 48.4 Å². The minimum atomic E-state index is -0.420. The molecule has 0 fully saturated rings. The zero-order valence-corrected chi connectivity index (χ0v) is 17.3. The molecule has 0 aliphatic rings. The third kappa shape index (κ3) is 5.10. The number of rotatable bonds is 7. The van der Waals surface area contributed by atoms with Gasteiger partial charge < -0.3 is 15.6 Å². The number of fused-ring (bicyclic) bond motifs is 1. The summed E-state index contributed by atoms with van der Waals surface area (Å²) in [6.45, 7) is 0.300. The van der Waals surface area contributed by atoms with E-state index in [1.165, 1.54) is 12.1 Å². The Morgan fingerprint density at radius 2 is 1.72 bits per heavy atom. The molecule has 0 aliphatic heterocycles. The number of aromatic amines is 1. The second-order valence-electron chi connectivity index (χ2n) is 7.30. The lowest BCUT2D eigenvalue weighted by atomic mass is 10.1. The molecule has 0 aliphatic carbocycles. The molecule has 3 aromatic carbocycles. The molecule has 32 heavy (non-hydrogen) atoms. The van der Waals surface area contributed by atoms with Crippen molar-refractivity contribution in [1.29, 1.82) is 0 Å². The quantitative estimate of drug-likeness (QED) is 0.382. The highest BCUT2D eigenvalue weighted by Gasteiger charge is 2.15. The Morgan fingerprint density at radius 3 is 2.53 bits per heavy atom. The largest absolute Gasteiger partial charge is 0.361 e. The maximum Gasteiger partial charge on any atom is 0.267 e. The van der Waals surface area contributed by atoms with Crippen molar-refractivity contribution >= 4 is 28.8 Å². The summed E-state index contributed by atoms with van der Waals surface area (Å²) in [4.78, 5) is 28.8. The summed E-state index contributed by atoms with van der Waals surface area (Å²) in [5.74, 6) is -1.11. The van der Waals surface area contributed by atoms with Crippen LogP contribution in [0.25, 0.3) is 17.0 Å². The number of para-hydroxylation sites is 1. The first kappa shape index (κ1) is 21.1. The average Bonchev–Trinajstić information content (AvgIpc) is 3.22. The lowest BCUT2D eigenvalue weighted by molar-refractivity contribution is -0.117. The SMILES string of the molecule is O=C(NCCc1cccc(F)c1)C(=Cc1c[nH]c2ccccc12)NC(=O)c1ccccc1. The Hall–Kier alpha value is -4.19. The van der Waals surface area contributed by atoms with Crippen LogP contribution in [-0.4, -0.2) is 23.3 Å². The standard InChI is InChI=1S/C26H22FN3O2/c27-21-10-6-7-18(15-21)13-14-28-26(32)24(30-25(31)19-8-2-1-3-9-19)16-20-17-29-23-12-5-4-11-22(20)23/h1-12,15-17,29H,13-14H2,(H,28,32)(H,30,31). The fourth-order valence-electron chi connectivity index (χ4n) is 3.42. The van der Waals surface area contributed by atoms with Gasteiger partial charge in [0.2, 0.25) is 0 Å². The lowest BCUT2D eigenvalue weighted by Crippen LogP contribution is -2.35. The third-order valence-corrected chi connectivity index (χ3v) is 5.04. The Balaban J connectivity index is 1.55. The molecular formula is C26H22FN3O2. The number of aromatic nitrogens is 1. The highest BCUT2D eigenvalue weighted by Crippen LogP contribution is 2.20. The molecule has 0 bridgehead atoms. The molecule has 1 heterocycles. The van der Waals surface area contributed by atoms with E-state index < -0.39 is 5.91 Å². The van der Waals surface area contributed by atoms with E-state index in [9.17, 15) is 14.0 Å².